The number of rotatable bonds is 7. The molecule has 1 heterocycles. The van der Waals surface area contributed by atoms with Gasteiger partial charge in [-0.15, -0.1) is 0 Å². The van der Waals surface area contributed by atoms with Crippen LogP contribution in [0, 0.1) is 5.82 Å². The van der Waals surface area contributed by atoms with E-state index in [9.17, 15) is 23.6 Å². The number of ether oxygens (including phenoxy) is 1. The van der Waals surface area contributed by atoms with E-state index in [0.29, 0.717) is 12.8 Å². The number of halogens is 2. The molecule has 10 heteroatoms. The lowest BCUT2D eigenvalue weighted by molar-refractivity contribution is -0.155. The zero-order valence-electron chi connectivity index (χ0n) is 15.7. The molecule has 2 rings (SSSR count). The Kier molecular flexibility index (Phi) is 6.60. The van der Waals surface area contributed by atoms with Crippen LogP contribution in [0.25, 0.3) is 0 Å². The summed E-state index contributed by atoms with van der Waals surface area (Å²) in [5.41, 5.74) is -0.800. The van der Waals surface area contributed by atoms with Gasteiger partial charge in [-0.25, -0.2) is 9.18 Å². The van der Waals surface area contributed by atoms with Gasteiger partial charge in [0.1, 0.15) is 17.9 Å². The molecule has 0 saturated carbocycles. The topological polar surface area (TPSA) is 105 Å². The lowest BCUT2D eigenvalue weighted by Crippen LogP contribution is -2.46. The molecule has 4 amide bonds. The van der Waals surface area contributed by atoms with Gasteiger partial charge in [-0.1, -0.05) is 25.4 Å². The second-order valence-corrected chi connectivity index (χ2v) is 6.77. The number of hydrogen-bond acceptors (Lipinski definition) is 5. The van der Waals surface area contributed by atoms with Gasteiger partial charge in [-0.05, 0) is 38.0 Å². The van der Waals surface area contributed by atoms with Gasteiger partial charge in [-0.2, -0.15) is 0 Å². The Bertz CT molecular complexity index is 812. The number of nitrogens with zero attached hydrogens (tertiary/aromatic N) is 1. The summed E-state index contributed by atoms with van der Waals surface area (Å²) in [5, 5.41) is 4.86. The van der Waals surface area contributed by atoms with Crippen molar-refractivity contribution in [3.8, 4) is 0 Å². The van der Waals surface area contributed by atoms with Crippen molar-refractivity contribution in [1.29, 1.82) is 0 Å². The summed E-state index contributed by atoms with van der Waals surface area (Å²) in [4.78, 5) is 49.5. The fraction of sp³-hybridized carbons (Fsp3) is 0.444. The highest BCUT2D eigenvalue weighted by Crippen LogP contribution is 2.25. The number of esters is 1. The van der Waals surface area contributed by atoms with Crippen LogP contribution in [0.5, 0.6) is 0 Å². The number of amides is 4. The molecular weight excluding hydrogens is 393 g/mol. The molecule has 152 valence electrons. The number of carbonyl (C=O) groups is 4. The minimum absolute atomic E-state index is 0.170. The molecule has 1 aliphatic rings. The minimum atomic E-state index is -1.21. The molecule has 1 fully saturated rings. The van der Waals surface area contributed by atoms with E-state index in [-0.39, 0.29) is 10.7 Å². The molecule has 8 nitrogen and oxygen atoms in total. The summed E-state index contributed by atoms with van der Waals surface area (Å²) in [6.07, 6.45) is -0.434. The van der Waals surface area contributed by atoms with E-state index in [1.165, 1.54) is 19.1 Å². The molecule has 1 aliphatic heterocycles. The fourth-order valence-electron chi connectivity index (χ4n) is 2.78. The van der Waals surface area contributed by atoms with Gasteiger partial charge in [0, 0.05) is 5.69 Å². The normalized spacial score (nSPS) is 16.5. The Morgan fingerprint density at radius 1 is 1.32 bits per heavy atom. The van der Waals surface area contributed by atoms with Crippen LogP contribution in [0.4, 0.5) is 14.9 Å². The maximum absolute atomic E-state index is 13.2. The highest BCUT2D eigenvalue weighted by Gasteiger charge is 2.49. The van der Waals surface area contributed by atoms with Crippen LogP contribution in [-0.2, 0) is 19.1 Å². The largest absolute Gasteiger partial charge is 0.451 e. The number of carbonyl (C=O) groups excluding carboxylic acids is 4. The van der Waals surface area contributed by atoms with E-state index in [0.717, 1.165) is 11.0 Å². The Morgan fingerprint density at radius 2 is 1.96 bits per heavy atom. The average Bonchev–Trinajstić information content (AvgIpc) is 2.89. The maximum atomic E-state index is 13.2. The van der Waals surface area contributed by atoms with E-state index < -0.39 is 47.8 Å². The summed E-state index contributed by atoms with van der Waals surface area (Å²) < 4.78 is 18.2. The molecule has 0 spiro atoms. The molecule has 1 atom stereocenters. The first-order valence-corrected chi connectivity index (χ1v) is 9.10. The van der Waals surface area contributed by atoms with Gasteiger partial charge in [0.25, 0.3) is 11.8 Å². The Labute approximate surface area is 166 Å². The first-order valence-electron chi connectivity index (χ1n) is 8.73. The Hall–Kier alpha value is -2.68. The minimum Gasteiger partial charge on any atom is -0.451 e. The predicted octanol–water partition coefficient (Wildman–Crippen LogP) is 2.46. The standard InChI is InChI=1S/C18H21ClFN3O5/c1-4-18(5-2)16(26)23(17(27)22-18)9-14(24)28-10(3)15(25)21-11-6-7-13(20)12(19)8-11/h6-8,10H,4-5,9H2,1-3H3,(H,21,25)(H,22,27)/t10-/m1/s1. The van der Waals surface area contributed by atoms with Crippen molar-refractivity contribution in [2.24, 2.45) is 0 Å². The second kappa shape index (κ2) is 8.55. The molecule has 1 aromatic rings. The average molecular weight is 414 g/mol. The molecular formula is C18H21ClFN3O5. The van der Waals surface area contributed by atoms with E-state index >= 15 is 0 Å². The monoisotopic (exact) mass is 413 g/mol. The zero-order valence-corrected chi connectivity index (χ0v) is 16.4. The van der Waals surface area contributed by atoms with Crippen molar-refractivity contribution < 1.29 is 28.3 Å². The number of benzene rings is 1. The molecule has 0 radical (unpaired) electrons. The third-order valence-electron chi connectivity index (χ3n) is 4.60. The van der Waals surface area contributed by atoms with Crippen LogP contribution < -0.4 is 10.6 Å². The van der Waals surface area contributed by atoms with Crippen molar-refractivity contribution in [1.82, 2.24) is 10.2 Å². The van der Waals surface area contributed by atoms with E-state index in [1.54, 1.807) is 13.8 Å². The third kappa shape index (κ3) is 4.41. The van der Waals surface area contributed by atoms with Gasteiger partial charge in [-0.3, -0.25) is 19.3 Å². The smallest absolute Gasteiger partial charge is 0.327 e. The Balaban J connectivity index is 1.95. The predicted molar refractivity (Wildman–Crippen MR) is 99.2 cm³/mol. The number of anilines is 1. The van der Waals surface area contributed by atoms with Gasteiger partial charge in [0.15, 0.2) is 6.10 Å². The van der Waals surface area contributed by atoms with Gasteiger partial charge < -0.3 is 15.4 Å². The van der Waals surface area contributed by atoms with E-state index in [2.05, 4.69) is 10.6 Å². The van der Waals surface area contributed by atoms with Crippen LogP contribution >= 0.6 is 11.6 Å². The SMILES string of the molecule is CCC1(CC)NC(=O)N(CC(=O)O[C@H](C)C(=O)Nc2ccc(F)c(Cl)c2)C1=O. The van der Waals surface area contributed by atoms with Crippen molar-refractivity contribution >= 4 is 41.1 Å². The number of urea groups is 1. The van der Waals surface area contributed by atoms with E-state index in [1.807, 2.05) is 0 Å². The number of nitrogens with one attached hydrogen (secondary N) is 2. The van der Waals surface area contributed by atoms with Crippen molar-refractivity contribution in [2.75, 3.05) is 11.9 Å². The summed E-state index contributed by atoms with van der Waals surface area (Å²) in [6.45, 7) is 4.24. The lowest BCUT2D eigenvalue weighted by Gasteiger charge is -2.23. The lowest BCUT2D eigenvalue weighted by atomic mass is 9.93. The fourth-order valence-corrected chi connectivity index (χ4v) is 2.96. The number of imide groups is 1. The van der Waals surface area contributed by atoms with Crippen LogP contribution in [0.2, 0.25) is 5.02 Å². The molecule has 2 N–H and O–H groups in total. The molecule has 0 bridgehead atoms. The molecule has 0 unspecified atom stereocenters. The first-order chi connectivity index (χ1) is 13.1. The van der Waals surface area contributed by atoms with E-state index in [4.69, 9.17) is 16.3 Å². The first kappa shape index (κ1) is 21.6. The molecule has 0 aliphatic carbocycles. The summed E-state index contributed by atoms with van der Waals surface area (Å²) in [5.74, 6) is -2.73. The second-order valence-electron chi connectivity index (χ2n) is 6.36. The van der Waals surface area contributed by atoms with Crippen LogP contribution in [0.3, 0.4) is 0 Å². The highest BCUT2D eigenvalue weighted by molar-refractivity contribution is 6.31. The van der Waals surface area contributed by atoms with Gasteiger partial charge in [0.05, 0.1) is 5.02 Å². The molecule has 0 aromatic heterocycles. The van der Waals surface area contributed by atoms with Gasteiger partial charge >= 0.3 is 12.0 Å². The Morgan fingerprint density at radius 3 is 2.50 bits per heavy atom. The molecule has 1 aromatic carbocycles. The van der Waals surface area contributed by atoms with Crippen LogP contribution in [-0.4, -0.2) is 46.9 Å². The molecule has 1 saturated heterocycles. The highest BCUT2D eigenvalue weighted by atomic mass is 35.5. The summed E-state index contributed by atoms with van der Waals surface area (Å²) in [7, 11) is 0. The number of hydrogen-bond donors (Lipinski definition) is 2. The van der Waals surface area contributed by atoms with Crippen LogP contribution in [0.15, 0.2) is 18.2 Å². The zero-order chi connectivity index (χ0) is 21.1. The van der Waals surface area contributed by atoms with Crippen LogP contribution in [0.1, 0.15) is 33.6 Å². The summed E-state index contributed by atoms with van der Waals surface area (Å²) in [6, 6.07) is 2.92. The quantitative estimate of drug-likeness (QED) is 0.527. The maximum Gasteiger partial charge on any atom is 0.327 e. The summed E-state index contributed by atoms with van der Waals surface area (Å²) >= 11 is 5.64. The van der Waals surface area contributed by atoms with Crippen molar-refractivity contribution in [3.63, 3.8) is 0 Å². The van der Waals surface area contributed by atoms with Crippen molar-refractivity contribution in [3.05, 3.63) is 29.0 Å². The third-order valence-corrected chi connectivity index (χ3v) is 4.89. The van der Waals surface area contributed by atoms with Gasteiger partial charge in [0.2, 0.25) is 0 Å². The molecule has 28 heavy (non-hydrogen) atoms. The van der Waals surface area contributed by atoms with Crippen molar-refractivity contribution in [2.45, 2.75) is 45.3 Å².